The maximum Gasteiger partial charge on any atom is 0.308 e. The van der Waals surface area contributed by atoms with Crippen molar-refractivity contribution in [2.75, 3.05) is 0 Å². The predicted molar refractivity (Wildman–Crippen MR) is 77.0 cm³/mol. The van der Waals surface area contributed by atoms with E-state index in [0.717, 1.165) is 12.8 Å². The van der Waals surface area contributed by atoms with Crippen LogP contribution in [0.4, 0.5) is 0 Å². The van der Waals surface area contributed by atoms with Crippen LogP contribution >= 0.6 is 0 Å². The Balaban J connectivity index is 1.89. The molecule has 3 heteroatoms. The molecule has 0 spiro atoms. The minimum atomic E-state index is -0.482. The van der Waals surface area contributed by atoms with Crippen molar-refractivity contribution in [3.63, 3.8) is 0 Å². The van der Waals surface area contributed by atoms with E-state index >= 15 is 0 Å². The van der Waals surface area contributed by atoms with Crippen LogP contribution in [0.5, 0.6) is 0 Å². The van der Waals surface area contributed by atoms with Crippen molar-refractivity contribution in [1.82, 2.24) is 0 Å². The Morgan fingerprint density at radius 1 is 1.05 bits per heavy atom. The normalized spacial score (nSPS) is 23.4. The number of rotatable bonds is 10. The Hall–Kier alpha value is -0.570. The molecule has 0 amide bonds. The van der Waals surface area contributed by atoms with E-state index in [-0.39, 0.29) is 18.5 Å². The van der Waals surface area contributed by atoms with E-state index in [2.05, 4.69) is 6.92 Å². The Morgan fingerprint density at radius 3 is 2.21 bits per heavy atom. The highest BCUT2D eigenvalue weighted by Crippen LogP contribution is 2.20. The summed E-state index contributed by atoms with van der Waals surface area (Å²) < 4.78 is 5.23. The number of hydrogen-bond acceptors (Lipinski definition) is 3. The lowest BCUT2D eigenvalue weighted by atomic mass is 9.99. The van der Waals surface area contributed by atoms with Gasteiger partial charge in [0.2, 0.25) is 0 Å². The van der Waals surface area contributed by atoms with Crippen molar-refractivity contribution >= 4 is 5.97 Å². The SMILES string of the molecule is CCCCCCCCCCCC1C[C@H](O)CC(=O)O1. The lowest BCUT2D eigenvalue weighted by molar-refractivity contribution is -0.160. The maximum atomic E-state index is 11.2. The molecule has 1 saturated heterocycles. The molecule has 0 saturated carbocycles. The fraction of sp³-hybridized carbons (Fsp3) is 0.938. The highest BCUT2D eigenvalue weighted by Gasteiger charge is 2.26. The van der Waals surface area contributed by atoms with Gasteiger partial charge in [-0.15, -0.1) is 0 Å². The molecule has 1 rings (SSSR count). The monoisotopic (exact) mass is 270 g/mol. The molecule has 112 valence electrons. The van der Waals surface area contributed by atoms with Gasteiger partial charge in [0.25, 0.3) is 0 Å². The van der Waals surface area contributed by atoms with Gasteiger partial charge >= 0.3 is 5.97 Å². The van der Waals surface area contributed by atoms with E-state index in [1.54, 1.807) is 0 Å². The minimum Gasteiger partial charge on any atom is -0.462 e. The predicted octanol–water partition coefficient (Wildman–Crippen LogP) is 3.97. The van der Waals surface area contributed by atoms with Crippen LogP contribution < -0.4 is 0 Å². The van der Waals surface area contributed by atoms with Gasteiger partial charge in [0.1, 0.15) is 6.10 Å². The Kier molecular flexibility index (Phi) is 8.89. The van der Waals surface area contributed by atoms with Gasteiger partial charge in [-0.3, -0.25) is 4.79 Å². The van der Waals surface area contributed by atoms with Crippen LogP contribution in [0.1, 0.15) is 84.0 Å². The fourth-order valence-corrected chi connectivity index (χ4v) is 2.72. The highest BCUT2D eigenvalue weighted by molar-refractivity contribution is 5.70. The second kappa shape index (κ2) is 10.2. The van der Waals surface area contributed by atoms with Crippen molar-refractivity contribution in [3.8, 4) is 0 Å². The van der Waals surface area contributed by atoms with Crippen molar-refractivity contribution in [3.05, 3.63) is 0 Å². The molecule has 0 bridgehead atoms. The molecule has 3 nitrogen and oxygen atoms in total. The van der Waals surface area contributed by atoms with Crippen LogP contribution in [0.3, 0.4) is 0 Å². The van der Waals surface area contributed by atoms with Crippen LogP contribution in [-0.2, 0) is 9.53 Å². The van der Waals surface area contributed by atoms with Gasteiger partial charge in [-0.1, -0.05) is 58.3 Å². The first kappa shape index (κ1) is 16.5. The molecule has 1 aliphatic heterocycles. The first-order chi connectivity index (χ1) is 9.22. The van der Waals surface area contributed by atoms with E-state index in [4.69, 9.17) is 4.74 Å². The number of esters is 1. The van der Waals surface area contributed by atoms with Crippen LogP contribution in [-0.4, -0.2) is 23.3 Å². The van der Waals surface area contributed by atoms with Crippen molar-refractivity contribution < 1.29 is 14.6 Å². The quantitative estimate of drug-likeness (QED) is 0.482. The average Bonchev–Trinajstić information content (AvgIpc) is 2.36. The number of ether oxygens (including phenoxy) is 1. The number of carbonyl (C=O) groups excluding carboxylic acids is 1. The molecule has 19 heavy (non-hydrogen) atoms. The smallest absolute Gasteiger partial charge is 0.308 e. The lowest BCUT2D eigenvalue weighted by Gasteiger charge is -2.25. The van der Waals surface area contributed by atoms with E-state index in [0.29, 0.717) is 6.42 Å². The maximum absolute atomic E-state index is 11.2. The molecule has 0 aliphatic carbocycles. The largest absolute Gasteiger partial charge is 0.462 e. The zero-order valence-corrected chi connectivity index (χ0v) is 12.4. The topological polar surface area (TPSA) is 46.5 Å². The summed E-state index contributed by atoms with van der Waals surface area (Å²) in [4.78, 5) is 11.2. The number of carbonyl (C=O) groups is 1. The molecule has 0 aromatic heterocycles. The summed E-state index contributed by atoms with van der Waals surface area (Å²) in [5.41, 5.74) is 0. The van der Waals surface area contributed by atoms with E-state index in [9.17, 15) is 9.90 Å². The van der Waals surface area contributed by atoms with Crippen LogP contribution in [0.15, 0.2) is 0 Å². The van der Waals surface area contributed by atoms with Gasteiger partial charge in [0.05, 0.1) is 12.5 Å². The molecule has 2 atom stereocenters. The van der Waals surface area contributed by atoms with E-state index in [1.165, 1.54) is 51.4 Å². The molecule has 0 radical (unpaired) electrons. The van der Waals surface area contributed by atoms with Crippen LogP contribution in [0.25, 0.3) is 0 Å². The van der Waals surface area contributed by atoms with Crippen molar-refractivity contribution in [2.45, 2.75) is 96.2 Å². The summed E-state index contributed by atoms with van der Waals surface area (Å²) in [6, 6.07) is 0. The van der Waals surface area contributed by atoms with Crippen LogP contribution in [0, 0.1) is 0 Å². The molecule has 1 heterocycles. The molecule has 1 fully saturated rings. The molecule has 1 unspecified atom stereocenters. The van der Waals surface area contributed by atoms with Gasteiger partial charge in [0.15, 0.2) is 0 Å². The Labute approximate surface area is 117 Å². The summed E-state index contributed by atoms with van der Waals surface area (Å²) in [6.45, 7) is 2.25. The third-order valence-corrected chi connectivity index (χ3v) is 3.87. The highest BCUT2D eigenvalue weighted by atomic mass is 16.5. The second-order valence-corrected chi connectivity index (χ2v) is 5.82. The molecule has 0 aromatic rings. The zero-order valence-electron chi connectivity index (χ0n) is 12.4. The Bertz CT molecular complexity index is 240. The second-order valence-electron chi connectivity index (χ2n) is 5.82. The summed E-state index contributed by atoms with van der Waals surface area (Å²) in [7, 11) is 0. The Morgan fingerprint density at radius 2 is 1.63 bits per heavy atom. The first-order valence-corrected chi connectivity index (χ1v) is 8.10. The van der Waals surface area contributed by atoms with Gasteiger partial charge in [-0.05, 0) is 12.8 Å². The number of hydrogen-bond donors (Lipinski definition) is 1. The zero-order chi connectivity index (χ0) is 13.9. The molecular weight excluding hydrogens is 240 g/mol. The molecular formula is C16H30O3. The minimum absolute atomic E-state index is 0.0409. The van der Waals surface area contributed by atoms with Crippen molar-refractivity contribution in [1.29, 1.82) is 0 Å². The van der Waals surface area contributed by atoms with Gasteiger partial charge in [-0.2, -0.15) is 0 Å². The fourth-order valence-electron chi connectivity index (χ4n) is 2.72. The van der Waals surface area contributed by atoms with Gasteiger partial charge in [-0.25, -0.2) is 0 Å². The van der Waals surface area contributed by atoms with E-state index < -0.39 is 6.10 Å². The van der Waals surface area contributed by atoms with E-state index in [1.807, 2.05) is 0 Å². The first-order valence-electron chi connectivity index (χ1n) is 8.10. The summed E-state index contributed by atoms with van der Waals surface area (Å²) in [5.74, 6) is -0.236. The third-order valence-electron chi connectivity index (χ3n) is 3.87. The molecule has 1 N–H and O–H groups in total. The van der Waals surface area contributed by atoms with Crippen molar-refractivity contribution in [2.24, 2.45) is 0 Å². The molecule has 1 aliphatic rings. The average molecular weight is 270 g/mol. The van der Waals surface area contributed by atoms with Gasteiger partial charge < -0.3 is 9.84 Å². The summed E-state index contributed by atoms with van der Waals surface area (Å²) >= 11 is 0. The third kappa shape index (κ3) is 8.25. The lowest BCUT2D eigenvalue weighted by Crippen LogP contribution is -2.32. The summed E-state index contributed by atoms with van der Waals surface area (Å²) in [5, 5.41) is 9.49. The number of unbranched alkanes of at least 4 members (excludes halogenated alkanes) is 8. The molecule has 0 aromatic carbocycles. The number of cyclic esters (lactones) is 1. The summed E-state index contributed by atoms with van der Waals surface area (Å²) in [6.07, 6.45) is 12.9. The number of aliphatic hydroxyl groups excluding tert-OH is 1. The van der Waals surface area contributed by atoms with Crippen LogP contribution in [0.2, 0.25) is 0 Å². The number of aliphatic hydroxyl groups is 1. The standard InChI is InChI=1S/C16H30O3/c1-2-3-4-5-6-7-8-9-10-11-15-12-14(17)13-16(18)19-15/h14-15,17H,2-13H2,1H3/t14-,15?/m0/s1. The van der Waals surface area contributed by atoms with Gasteiger partial charge in [0, 0.05) is 6.42 Å².